The molecule has 0 amide bonds. The van der Waals surface area contributed by atoms with Crippen LogP contribution in [-0.2, 0) is 7.05 Å². The largest absolute Gasteiger partial charge is 0.248 e. The van der Waals surface area contributed by atoms with Crippen molar-refractivity contribution in [1.29, 1.82) is 0 Å². The molecule has 2 nitrogen and oxygen atoms in total. The Labute approximate surface area is 82.0 Å². The van der Waals surface area contributed by atoms with Crippen molar-refractivity contribution in [3.05, 3.63) is 49.1 Å². The van der Waals surface area contributed by atoms with E-state index < -0.39 is 0 Å². The highest BCUT2D eigenvalue weighted by Crippen LogP contribution is 2.15. The zero-order valence-corrected chi connectivity index (χ0v) is 8.01. The minimum Gasteiger partial charge on any atom is -0.239 e. The van der Waals surface area contributed by atoms with Gasteiger partial charge in [-0.1, -0.05) is 24.3 Å². The normalized spacial score (nSPS) is 11.2. The maximum Gasteiger partial charge on any atom is 0.248 e. The number of nitrogens with zero attached hydrogens (tertiary/aromatic N) is 2. The third kappa shape index (κ3) is 1.01. The molecule has 0 fully saturated rings. The number of hydrogen-bond donors (Lipinski definition) is 0. The maximum absolute atomic E-state index is 2.20. The second kappa shape index (κ2) is 2.58. The first-order valence-corrected chi connectivity index (χ1v) is 4.69. The lowest BCUT2D eigenvalue weighted by Gasteiger charge is -1.93. The van der Waals surface area contributed by atoms with E-state index in [9.17, 15) is 0 Å². The summed E-state index contributed by atoms with van der Waals surface area (Å²) in [6.45, 7) is 0. The van der Waals surface area contributed by atoms with Crippen LogP contribution >= 0.6 is 0 Å². The van der Waals surface area contributed by atoms with Crippen molar-refractivity contribution in [2.45, 2.75) is 0 Å². The average molecular weight is 183 g/mol. The van der Waals surface area contributed by atoms with Crippen molar-refractivity contribution in [2.24, 2.45) is 7.05 Å². The number of benzene rings is 1. The number of pyridine rings is 1. The molecule has 14 heavy (non-hydrogen) atoms. The Morgan fingerprint density at radius 2 is 1.93 bits per heavy atom. The van der Waals surface area contributed by atoms with Crippen molar-refractivity contribution < 1.29 is 4.57 Å². The first-order chi connectivity index (χ1) is 6.83. The number of rotatable bonds is 0. The SMILES string of the molecule is C[n+]1cc2cc3ccccc3cn2c1. The number of hydrogen-bond acceptors (Lipinski definition) is 0. The topological polar surface area (TPSA) is 8.29 Å². The van der Waals surface area contributed by atoms with E-state index in [4.69, 9.17) is 0 Å². The number of aromatic nitrogens is 2. The molecular formula is C12H11N2+. The Bertz CT molecular complexity index is 555. The number of aryl methyl sites for hydroxylation is 1. The number of imidazole rings is 1. The minimum absolute atomic E-state index is 1.23. The Hall–Kier alpha value is -1.83. The van der Waals surface area contributed by atoms with Crippen molar-refractivity contribution in [2.75, 3.05) is 0 Å². The molecule has 0 radical (unpaired) electrons. The molecule has 2 heterocycles. The molecule has 0 aliphatic carbocycles. The van der Waals surface area contributed by atoms with E-state index in [-0.39, 0.29) is 0 Å². The smallest absolute Gasteiger partial charge is 0.239 e. The van der Waals surface area contributed by atoms with Gasteiger partial charge in [0, 0.05) is 5.39 Å². The molecule has 0 saturated heterocycles. The van der Waals surface area contributed by atoms with Gasteiger partial charge in [0.1, 0.15) is 12.4 Å². The zero-order valence-electron chi connectivity index (χ0n) is 8.01. The summed E-state index contributed by atoms with van der Waals surface area (Å²) in [5.74, 6) is 0. The molecule has 0 aliphatic heterocycles. The Morgan fingerprint density at radius 3 is 2.79 bits per heavy atom. The van der Waals surface area contributed by atoms with Gasteiger partial charge in [0.05, 0.1) is 7.05 Å². The lowest BCUT2D eigenvalue weighted by atomic mass is 10.2. The van der Waals surface area contributed by atoms with E-state index in [0.29, 0.717) is 0 Å². The van der Waals surface area contributed by atoms with Gasteiger partial charge in [-0.2, -0.15) is 0 Å². The van der Waals surface area contributed by atoms with Crippen LogP contribution < -0.4 is 4.57 Å². The Morgan fingerprint density at radius 1 is 1.14 bits per heavy atom. The van der Waals surface area contributed by atoms with Crippen LogP contribution in [0.15, 0.2) is 49.1 Å². The third-order valence-corrected chi connectivity index (χ3v) is 2.52. The maximum atomic E-state index is 2.20. The lowest BCUT2D eigenvalue weighted by molar-refractivity contribution is -0.670. The predicted molar refractivity (Wildman–Crippen MR) is 56.1 cm³/mol. The van der Waals surface area contributed by atoms with E-state index in [1.165, 1.54) is 16.3 Å². The molecular weight excluding hydrogens is 172 g/mol. The van der Waals surface area contributed by atoms with Crippen LogP contribution in [0.3, 0.4) is 0 Å². The van der Waals surface area contributed by atoms with Crippen molar-refractivity contribution in [3.8, 4) is 0 Å². The highest BCUT2D eigenvalue weighted by atomic mass is 15.1. The van der Waals surface area contributed by atoms with Crippen molar-refractivity contribution in [3.63, 3.8) is 0 Å². The average Bonchev–Trinajstić information content (AvgIpc) is 2.53. The van der Waals surface area contributed by atoms with E-state index in [1.807, 2.05) is 7.05 Å². The molecule has 3 aromatic rings. The van der Waals surface area contributed by atoms with Gasteiger partial charge < -0.3 is 0 Å². The summed E-state index contributed by atoms with van der Waals surface area (Å²) in [7, 11) is 2.04. The van der Waals surface area contributed by atoms with Crippen LogP contribution in [0, 0.1) is 0 Å². The second-order valence-corrected chi connectivity index (χ2v) is 3.64. The minimum atomic E-state index is 1.23. The molecule has 68 valence electrons. The van der Waals surface area contributed by atoms with Crippen LogP contribution in [0.2, 0.25) is 0 Å². The standard InChI is InChI=1S/C12H11N2/c1-13-8-12-6-10-4-2-3-5-11(10)7-14(12)9-13/h2-9H,1H3/q+1. The van der Waals surface area contributed by atoms with E-state index in [2.05, 4.69) is 58.0 Å². The highest BCUT2D eigenvalue weighted by molar-refractivity contribution is 5.85. The fraction of sp³-hybridized carbons (Fsp3) is 0.0833. The van der Waals surface area contributed by atoms with Crippen molar-refractivity contribution >= 4 is 16.3 Å². The van der Waals surface area contributed by atoms with E-state index in [1.54, 1.807) is 0 Å². The van der Waals surface area contributed by atoms with Crippen molar-refractivity contribution in [1.82, 2.24) is 4.40 Å². The predicted octanol–water partition coefficient (Wildman–Crippen LogP) is 1.92. The molecule has 2 aromatic heterocycles. The summed E-state index contributed by atoms with van der Waals surface area (Å²) in [5.41, 5.74) is 1.23. The monoisotopic (exact) mass is 183 g/mol. The molecule has 0 N–H and O–H groups in total. The molecule has 2 heteroatoms. The van der Waals surface area contributed by atoms with Gasteiger partial charge in [0.2, 0.25) is 6.33 Å². The first kappa shape index (κ1) is 7.56. The molecule has 0 spiro atoms. The van der Waals surface area contributed by atoms with Crippen LogP contribution in [0.5, 0.6) is 0 Å². The molecule has 3 rings (SSSR count). The summed E-state index contributed by atoms with van der Waals surface area (Å²) in [6.07, 6.45) is 6.35. The van der Waals surface area contributed by atoms with Gasteiger partial charge >= 0.3 is 0 Å². The van der Waals surface area contributed by atoms with Gasteiger partial charge in [-0.3, -0.25) is 0 Å². The Kier molecular flexibility index (Phi) is 1.39. The van der Waals surface area contributed by atoms with Gasteiger partial charge in [-0.25, -0.2) is 8.97 Å². The fourth-order valence-corrected chi connectivity index (χ4v) is 1.86. The summed E-state index contributed by atoms with van der Waals surface area (Å²) < 4.78 is 4.20. The van der Waals surface area contributed by atoms with Crippen LogP contribution in [-0.4, -0.2) is 4.40 Å². The van der Waals surface area contributed by atoms with Gasteiger partial charge in [0.25, 0.3) is 0 Å². The van der Waals surface area contributed by atoms with Crippen LogP contribution in [0.4, 0.5) is 0 Å². The van der Waals surface area contributed by atoms with E-state index in [0.717, 1.165) is 0 Å². The summed E-state index contributed by atoms with van der Waals surface area (Å²) in [5, 5.41) is 2.56. The van der Waals surface area contributed by atoms with Gasteiger partial charge in [0.15, 0.2) is 5.52 Å². The molecule has 0 unspecified atom stereocenters. The molecule has 0 bridgehead atoms. The summed E-state index contributed by atoms with van der Waals surface area (Å²) in [6, 6.07) is 10.6. The molecule has 1 aromatic carbocycles. The van der Waals surface area contributed by atoms with Crippen LogP contribution in [0.1, 0.15) is 0 Å². The Balaban J connectivity index is 2.51. The summed E-state index contributed by atoms with van der Waals surface area (Å²) >= 11 is 0. The van der Waals surface area contributed by atoms with E-state index >= 15 is 0 Å². The van der Waals surface area contributed by atoms with Gasteiger partial charge in [-0.15, -0.1) is 0 Å². The third-order valence-electron chi connectivity index (χ3n) is 2.52. The quantitative estimate of drug-likeness (QED) is 0.471. The van der Waals surface area contributed by atoms with Gasteiger partial charge in [-0.05, 0) is 11.5 Å². The van der Waals surface area contributed by atoms with Crippen LogP contribution in [0.25, 0.3) is 16.3 Å². The number of fused-ring (bicyclic) bond motifs is 2. The second-order valence-electron chi connectivity index (χ2n) is 3.64. The highest BCUT2D eigenvalue weighted by Gasteiger charge is 2.04. The lowest BCUT2D eigenvalue weighted by Crippen LogP contribution is -2.23. The molecule has 0 saturated carbocycles. The summed E-state index contributed by atoms with van der Waals surface area (Å²) in [4.78, 5) is 0. The molecule has 0 aliphatic rings. The fourth-order valence-electron chi connectivity index (χ4n) is 1.86. The zero-order chi connectivity index (χ0) is 9.54. The first-order valence-electron chi connectivity index (χ1n) is 4.69. The molecule has 0 atom stereocenters.